The molecule has 0 aromatic heterocycles. The van der Waals surface area contributed by atoms with Crippen molar-refractivity contribution in [2.45, 2.75) is 39.7 Å². The van der Waals surface area contributed by atoms with E-state index in [4.69, 9.17) is 10.2 Å². The predicted octanol–water partition coefficient (Wildman–Crippen LogP) is -0.509. The number of aliphatic carboxylic acids is 1. The third-order valence-electron chi connectivity index (χ3n) is 2.36. The Labute approximate surface area is 112 Å². The second-order valence-electron chi connectivity index (χ2n) is 5.25. The van der Waals surface area contributed by atoms with Crippen LogP contribution in [0.2, 0.25) is 0 Å². The van der Waals surface area contributed by atoms with E-state index in [9.17, 15) is 14.4 Å². The Hall–Kier alpha value is -1.63. The summed E-state index contributed by atoms with van der Waals surface area (Å²) < 4.78 is 0. The zero-order chi connectivity index (χ0) is 15.1. The highest BCUT2D eigenvalue weighted by molar-refractivity contribution is 5.83. The molecule has 7 nitrogen and oxygen atoms in total. The number of amides is 2. The quantitative estimate of drug-likeness (QED) is 0.467. The summed E-state index contributed by atoms with van der Waals surface area (Å²) >= 11 is 0. The SMILES string of the molecule is CC(C)(C)C(=O)NCCCC(=O)N[C@H](CO)C(=O)O. The first-order valence-corrected chi connectivity index (χ1v) is 6.09. The standard InChI is InChI=1S/C12H22N2O5/c1-12(2,3)11(19)13-6-4-5-9(16)14-8(7-15)10(17)18/h8,15H,4-7H2,1-3H3,(H,13,19)(H,14,16)(H,17,18)/t8-/m1/s1. The molecule has 7 heteroatoms. The number of hydrogen-bond acceptors (Lipinski definition) is 4. The lowest BCUT2D eigenvalue weighted by Crippen LogP contribution is -2.43. The average Bonchev–Trinajstić information content (AvgIpc) is 2.29. The van der Waals surface area contributed by atoms with Gasteiger partial charge in [-0.15, -0.1) is 0 Å². The van der Waals surface area contributed by atoms with Gasteiger partial charge in [-0.3, -0.25) is 9.59 Å². The predicted molar refractivity (Wildman–Crippen MR) is 68.4 cm³/mol. The summed E-state index contributed by atoms with van der Waals surface area (Å²) in [6, 6.07) is -1.28. The summed E-state index contributed by atoms with van der Waals surface area (Å²) in [7, 11) is 0. The van der Waals surface area contributed by atoms with Crippen LogP contribution in [-0.2, 0) is 14.4 Å². The number of aliphatic hydroxyl groups excluding tert-OH is 1. The van der Waals surface area contributed by atoms with Crippen LogP contribution < -0.4 is 10.6 Å². The van der Waals surface area contributed by atoms with E-state index in [2.05, 4.69) is 10.6 Å². The fourth-order valence-electron chi connectivity index (χ4n) is 1.17. The first kappa shape index (κ1) is 17.4. The van der Waals surface area contributed by atoms with Crippen LogP contribution in [0.1, 0.15) is 33.6 Å². The third-order valence-corrected chi connectivity index (χ3v) is 2.36. The van der Waals surface area contributed by atoms with Gasteiger partial charge < -0.3 is 20.8 Å². The molecular formula is C12H22N2O5. The molecule has 0 aromatic carbocycles. The van der Waals surface area contributed by atoms with E-state index in [1.165, 1.54) is 0 Å². The number of carbonyl (C=O) groups is 3. The Morgan fingerprint density at radius 2 is 1.79 bits per heavy atom. The number of hydrogen-bond donors (Lipinski definition) is 4. The van der Waals surface area contributed by atoms with Gasteiger partial charge in [0, 0.05) is 18.4 Å². The fraction of sp³-hybridized carbons (Fsp3) is 0.750. The van der Waals surface area contributed by atoms with E-state index in [0.29, 0.717) is 13.0 Å². The number of carbonyl (C=O) groups excluding carboxylic acids is 2. The van der Waals surface area contributed by atoms with Crippen molar-refractivity contribution in [3.63, 3.8) is 0 Å². The van der Waals surface area contributed by atoms with Crippen LogP contribution in [0.25, 0.3) is 0 Å². The van der Waals surface area contributed by atoms with Crippen LogP contribution >= 0.6 is 0 Å². The first-order chi connectivity index (χ1) is 8.68. The van der Waals surface area contributed by atoms with Crippen LogP contribution in [0.3, 0.4) is 0 Å². The second kappa shape index (κ2) is 7.73. The second-order valence-corrected chi connectivity index (χ2v) is 5.25. The van der Waals surface area contributed by atoms with Gasteiger partial charge in [0.05, 0.1) is 6.61 Å². The molecular weight excluding hydrogens is 252 g/mol. The number of carboxylic acid groups (broad SMARTS) is 1. The normalized spacial score (nSPS) is 12.6. The summed E-state index contributed by atoms with van der Waals surface area (Å²) in [5, 5.41) is 22.2. The largest absolute Gasteiger partial charge is 0.480 e. The van der Waals surface area contributed by atoms with Gasteiger partial charge in [0.2, 0.25) is 11.8 Å². The molecule has 19 heavy (non-hydrogen) atoms. The maximum Gasteiger partial charge on any atom is 0.328 e. The van der Waals surface area contributed by atoms with Gasteiger partial charge in [0.25, 0.3) is 0 Å². The van der Waals surface area contributed by atoms with Crippen molar-refractivity contribution in [3.05, 3.63) is 0 Å². The molecule has 0 aliphatic carbocycles. The highest BCUT2D eigenvalue weighted by Gasteiger charge is 2.21. The smallest absolute Gasteiger partial charge is 0.328 e. The Kier molecular flexibility index (Phi) is 7.06. The summed E-state index contributed by atoms with van der Waals surface area (Å²) in [5.41, 5.74) is -0.479. The van der Waals surface area contributed by atoms with E-state index < -0.39 is 29.9 Å². The van der Waals surface area contributed by atoms with E-state index >= 15 is 0 Å². The Bertz CT molecular complexity index is 336. The highest BCUT2D eigenvalue weighted by Crippen LogP contribution is 2.12. The van der Waals surface area contributed by atoms with Crippen molar-refractivity contribution in [1.82, 2.24) is 10.6 Å². The molecule has 0 fully saturated rings. The number of rotatable bonds is 7. The van der Waals surface area contributed by atoms with Gasteiger partial charge in [0.15, 0.2) is 0 Å². The number of carboxylic acids is 1. The summed E-state index contributed by atoms with van der Waals surface area (Å²) in [5.74, 6) is -1.85. The van der Waals surface area contributed by atoms with Gasteiger partial charge in [-0.05, 0) is 6.42 Å². The van der Waals surface area contributed by atoms with Gasteiger partial charge in [-0.25, -0.2) is 4.79 Å². The van der Waals surface area contributed by atoms with Crippen LogP contribution in [0.5, 0.6) is 0 Å². The highest BCUT2D eigenvalue weighted by atomic mass is 16.4. The molecule has 1 atom stereocenters. The summed E-state index contributed by atoms with van der Waals surface area (Å²) in [6.45, 7) is 5.05. The van der Waals surface area contributed by atoms with Gasteiger partial charge in [0.1, 0.15) is 6.04 Å². The average molecular weight is 274 g/mol. The number of nitrogens with one attached hydrogen (secondary N) is 2. The molecule has 0 aliphatic rings. The van der Waals surface area contributed by atoms with Crippen LogP contribution in [0.15, 0.2) is 0 Å². The maximum atomic E-state index is 11.5. The minimum Gasteiger partial charge on any atom is -0.480 e. The minimum absolute atomic E-state index is 0.0915. The fourth-order valence-corrected chi connectivity index (χ4v) is 1.17. The van der Waals surface area contributed by atoms with Crippen molar-refractivity contribution >= 4 is 17.8 Å². The molecule has 0 bridgehead atoms. The monoisotopic (exact) mass is 274 g/mol. The third kappa shape index (κ3) is 7.40. The Morgan fingerprint density at radius 3 is 2.21 bits per heavy atom. The molecule has 110 valence electrons. The van der Waals surface area contributed by atoms with Crippen molar-refractivity contribution in [1.29, 1.82) is 0 Å². The van der Waals surface area contributed by atoms with Crippen LogP contribution in [0.4, 0.5) is 0 Å². The Balaban J connectivity index is 3.87. The zero-order valence-corrected chi connectivity index (χ0v) is 11.5. The molecule has 0 saturated heterocycles. The van der Waals surface area contributed by atoms with E-state index in [0.717, 1.165) is 0 Å². The van der Waals surface area contributed by atoms with Crippen molar-refractivity contribution in [2.75, 3.05) is 13.2 Å². The molecule has 0 saturated carbocycles. The molecule has 2 amide bonds. The lowest BCUT2D eigenvalue weighted by Gasteiger charge is -2.17. The first-order valence-electron chi connectivity index (χ1n) is 6.09. The lowest BCUT2D eigenvalue weighted by molar-refractivity contribution is -0.142. The van der Waals surface area contributed by atoms with Crippen molar-refractivity contribution in [2.24, 2.45) is 5.41 Å². The molecule has 4 N–H and O–H groups in total. The van der Waals surface area contributed by atoms with Gasteiger partial charge >= 0.3 is 5.97 Å². The molecule has 0 rings (SSSR count). The minimum atomic E-state index is -1.28. The summed E-state index contributed by atoms with van der Waals surface area (Å²) in [4.78, 5) is 33.4. The van der Waals surface area contributed by atoms with E-state index in [1.807, 2.05) is 0 Å². The van der Waals surface area contributed by atoms with E-state index in [1.54, 1.807) is 20.8 Å². The van der Waals surface area contributed by atoms with Crippen LogP contribution in [0, 0.1) is 5.41 Å². The molecule has 0 aromatic rings. The molecule has 0 spiro atoms. The number of aliphatic hydroxyl groups is 1. The van der Waals surface area contributed by atoms with Crippen LogP contribution in [-0.4, -0.2) is 47.2 Å². The maximum absolute atomic E-state index is 11.5. The van der Waals surface area contributed by atoms with E-state index in [-0.39, 0.29) is 12.3 Å². The lowest BCUT2D eigenvalue weighted by atomic mass is 9.96. The molecule has 0 aliphatic heterocycles. The molecule has 0 heterocycles. The topological polar surface area (TPSA) is 116 Å². The zero-order valence-electron chi connectivity index (χ0n) is 11.5. The molecule has 0 unspecified atom stereocenters. The van der Waals surface area contributed by atoms with Crippen molar-refractivity contribution in [3.8, 4) is 0 Å². The Morgan fingerprint density at radius 1 is 1.21 bits per heavy atom. The van der Waals surface area contributed by atoms with Gasteiger partial charge in [-0.1, -0.05) is 20.8 Å². The summed E-state index contributed by atoms with van der Waals surface area (Å²) in [6.07, 6.45) is 0.500. The van der Waals surface area contributed by atoms with Crippen molar-refractivity contribution < 1.29 is 24.6 Å². The van der Waals surface area contributed by atoms with Gasteiger partial charge in [-0.2, -0.15) is 0 Å². The molecule has 0 radical (unpaired) electrons.